The number of non-ortho nitro benzene ring substituents is 1. The molecule has 1 aromatic carbocycles. The Morgan fingerprint density at radius 2 is 1.93 bits per heavy atom. The molecule has 6 heteroatoms. The summed E-state index contributed by atoms with van der Waals surface area (Å²) in [5, 5.41) is 18.9. The molecule has 0 fully saturated rings. The van der Waals surface area contributed by atoms with Gasteiger partial charge in [0, 0.05) is 12.1 Å². The van der Waals surface area contributed by atoms with Gasteiger partial charge in [0.15, 0.2) is 5.76 Å². The first kappa shape index (κ1) is 10.7. The molecule has 0 atom stereocenters. The van der Waals surface area contributed by atoms with E-state index in [0.29, 0.717) is 0 Å². The first-order valence-electron chi connectivity index (χ1n) is 3.85. The lowest BCUT2D eigenvalue weighted by Crippen LogP contribution is -2.09. The summed E-state index contributed by atoms with van der Waals surface area (Å²) in [5.41, 5.74) is -0.113. The summed E-state index contributed by atoms with van der Waals surface area (Å²) in [6, 6.07) is 4.86. The maximum atomic E-state index is 10.8. The second kappa shape index (κ2) is 4.23. The summed E-state index contributed by atoms with van der Waals surface area (Å²) in [4.78, 5) is 20.5. The Hall–Kier alpha value is -2.37. The van der Waals surface area contributed by atoms with Crippen molar-refractivity contribution >= 4 is 11.7 Å². The van der Waals surface area contributed by atoms with Crippen LogP contribution in [0.15, 0.2) is 36.6 Å². The summed E-state index contributed by atoms with van der Waals surface area (Å²) in [6.07, 6.45) is 0. The van der Waals surface area contributed by atoms with E-state index < -0.39 is 16.7 Å². The quantitative estimate of drug-likeness (QED) is 0.204. The molecule has 0 saturated carbocycles. The predicted octanol–water partition coefficient (Wildman–Crippen LogP) is 1.57. The Morgan fingerprint density at radius 1 is 1.40 bits per heavy atom. The molecule has 15 heavy (non-hydrogen) atoms. The van der Waals surface area contributed by atoms with E-state index in [9.17, 15) is 14.9 Å². The van der Waals surface area contributed by atoms with Crippen LogP contribution >= 0.6 is 0 Å². The number of nitrogens with zero attached hydrogens (tertiary/aromatic N) is 1. The second-order valence-corrected chi connectivity index (χ2v) is 2.59. The Kier molecular flexibility index (Phi) is 3.02. The SMILES string of the molecule is C=C(O)C(=O)Oc1ccc([N+](=O)[O-])cc1. The van der Waals surface area contributed by atoms with Crippen LogP contribution in [0.4, 0.5) is 5.69 Å². The van der Waals surface area contributed by atoms with Crippen molar-refractivity contribution in [1.82, 2.24) is 0 Å². The van der Waals surface area contributed by atoms with E-state index in [-0.39, 0.29) is 11.4 Å². The fourth-order valence-corrected chi connectivity index (χ4v) is 0.802. The highest BCUT2D eigenvalue weighted by Crippen LogP contribution is 2.17. The third kappa shape index (κ3) is 2.80. The number of ether oxygens (including phenoxy) is 1. The molecule has 0 bridgehead atoms. The van der Waals surface area contributed by atoms with Crippen LogP contribution in [-0.2, 0) is 4.79 Å². The van der Waals surface area contributed by atoms with Crippen molar-refractivity contribution in [3.8, 4) is 5.75 Å². The highest BCUT2D eigenvalue weighted by Gasteiger charge is 2.09. The van der Waals surface area contributed by atoms with Crippen molar-refractivity contribution in [3.63, 3.8) is 0 Å². The van der Waals surface area contributed by atoms with Crippen molar-refractivity contribution in [2.24, 2.45) is 0 Å². The van der Waals surface area contributed by atoms with Crippen LogP contribution in [0.3, 0.4) is 0 Å². The minimum atomic E-state index is -0.996. The van der Waals surface area contributed by atoms with Crippen LogP contribution in [-0.4, -0.2) is 16.0 Å². The molecule has 0 spiro atoms. The van der Waals surface area contributed by atoms with E-state index in [1.165, 1.54) is 24.3 Å². The highest BCUT2D eigenvalue weighted by molar-refractivity contribution is 5.86. The molecule has 1 N–H and O–H groups in total. The molecule has 1 rings (SSSR count). The van der Waals surface area contributed by atoms with Gasteiger partial charge >= 0.3 is 5.97 Å². The van der Waals surface area contributed by atoms with Gasteiger partial charge in [-0.05, 0) is 18.7 Å². The summed E-state index contributed by atoms with van der Waals surface area (Å²) < 4.78 is 4.60. The molecular formula is C9H7NO5. The van der Waals surface area contributed by atoms with Gasteiger partial charge in [-0.15, -0.1) is 0 Å². The normalized spacial score (nSPS) is 9.33. The minimum absolute atomic E-state index is 0.0980. The van der Waals surface area contributed by atoms with Crippen molar-refractivity contribution in [2.45, 2.75) is 0 Å². The topological polar surface area (TPSA) is 89.7 Å². The molecule has 0 heterocycles. The van der Waals surface area contributed by atoms with E-state index in [1.807, 2.05) is 0 Å². The lowest BCUT2D eigenvalue weighted by molar-refractivity contribution is -0.384. The fourth-order valence-electron chi connectivity index (χ4n) is 0.802. The fraction of sp³-hybridized carbons (Fsp3) is 0. The number of carbonyl (C=O) groups is 1. The van der Waals surface area contributed by atoms with Gasteiger partial charge in [-0.2, -0.15) is 0 Å². The maximum Gasteiger partial charge on any atom is 0.378 e. The smallest absolute Gasteiger partial charge is 0.378 e. The molecule has 0 radical (unpaired) electrons. The van der Waals surface area contributed by atoms with Crippen molar-refractivity contribution in [2.75, 3.05) is 0 Å². The number of benzene rings is 1. The van der Waals surface area contributed by atoms with E-state index in [2.05, 4.69) is 11.3 Å². The molecule has 0 aliphatic carbocycles. The monoisotopic (exact) mass is 209 g/mol. The Labute approximate surface area is 84.6 Å². The number of carbonyl (C=O) groups excluding carboxylic acids is 1. The molecule has 0 unspecified atom stereocenters. The van der Waals surface area contributed by atoms with Crippen LogP contribution in [0.25, 0.3) is 0 Å². The number of hydrogen-bond acceptors (Lipinski definition) is 5. The summed E-state index contributed by atoms with van der Waals surface area (Å²) in [5.74, 6) is -1.63. The maximum absolute atomic E-state index is 10.8. The van der Waals surface area contributed by atoms with Gasteiger partial charge in [0.25, 0.3) is 5.69 Å². The van der Waals surface area contributed by atoms with Gasteiger partial charge in [0.2, 0.25) is 0 Å². The van der Waals surface area contributed by atoms with Gasteiger partial charge < -0.3 is 9.84 Å². The lowest BCUT2D eigenvalue weighted by Gasteiger charge is -2.01. The molecule has 0 saturated heterocycles. The average Bonchev–Trinajstić information content (AvgIpc) is 2.18. The molecule has 78 valence electrons. The zero-order valence-electron chi connectivity index (χ0n) is 7.54. The van der Waals surface area contributed by atoms with Gasteiger partial charge in [0.05, 0.1) is 4.92 Å². The number of aliphatic hydroxyl groups excluding tert-OH is 1. The standard InChI is InChI=1S/C9H7NO5/c1-6(11)9(12)15-8-4-2-7(3-5-8)10(13)14/h2-5,11H,1H2. The van der Waals surface area contributed by atoms with E-state index in [1.54, 1.807) is 0 Å². The zero-order chi connectivity index (χ0) is 11.4. The number of esters is 1. The van der Waals surface area contributed by atoms with Crippen molar-refractivity contribution in [1.29, 1.82) is 0 Å². The van der Waals surface area contributed by atoms with Gasteiger partial charge in [-0.1, -0.05) is 0 Å². The number of hydrogen-bond donors (Lipinski definition) is 1. The summed E-state index contributed by atoms with van der Waals surface area (Å²) in [7, 11) is 0. The molecule has 0 amide bonds. The number of aliphatic hydroxyl groups is 1. The Bertz CT molecular complexity index is 409. The lowest BCUT2D eigenvalue weighted by atomic mass is 10.3. The Morgan fingerprint density at radius 3 is 2.33 bits per heavy atom. The third-order valence-corrected chi connectivity index (χ3v) is 1.49. The molecular weight excluding hydrogens is 202 g/mol. The average molecular weight is 209 g/mol. The molecule has 6 nitrogen and oxygen atoms in total. The predicted molar refractivity (Wildman–Crippen MR) is 50.5 cm³/mol. The van der Waals surface area contributed by atoms with Crippen LogP contribution in [0.5, 0.6) is 5.75 Å². The van der Waals surface area contributed by atoms with Gasteiger partial charge in [-0.25, -0.2) is 4.79 Å². The highest BCUT2D eigenvalue weighted by atomic mass is 16.6. The molecule has 0 aromatic heterocycles. The largest absolute Gasteiger partial charge is 0.502 e. The Balaban J connectivity index is 2.77. The number of rotatable bonds is 3. The van der Waals surface area contributed by atoms with E-state index in [4.69, 9.17) is 5.11 Å². The summed E-state index contributed by atoms with van der Waals surface area (Å²) >= 11 is 0. The van der Waals surface area contributed by atoms with Crippen molar-refractivity contribution < 1.29 is 19.6 Å². The van der Waals surface area contributed by atoms with Gasteiger partial charge in [-0.3, -0.25) is 10.1 Å². The second-order valence-electron chi connectivity index (χ2n) is 2.59. The number of nitro groups is 1. The van der Waals surface area contributed by atoms with Crippen LogP contribution < -0.4 is 4.74 Å². The van der Waals surface area contributed by atoms with Gasteiger partial charge in [0.1, 0.15) is 5.75 Å². The van der Waals surface area contributed by atoms with Crippen LogP contribution in [0.2, 0.25) is 0 Å². The van der Waals surface area contributed by atoms with E-state index >= 15 is 0 Å². The zero-order valence-corrected chi connectivity index (χ0v) is 7.54. The van der Waals surface area contributed by atoms with Crippen LogP contribution in [0.1, 0.15) is 0 Å². The summed E-state index contributed by atoms with van der Waals surface area (Å²) in [6.45, 7) is 2.97. The molecule has 0 aliphatic rings. The molecule has 0 aliphatic heterocycles. The number of nitro benzene ring substituents is 1. The first-order valence-corrected chi connectivity index (χ1v) is 3.85. The van der Waals surface area contributed by atoms with Crippen molar-refractivity contribution in [3.05, 3.63) is 46.7 Å². The first-order chi connectivity index (χ1) is 7.00. The molecule has 1 aromatic rings. The van der Waals surface area contributed by atoms with Crippen LogP contribution in [0, 0.1) is 10.1 Å². The third-order valence-electron chi connectivity index (χ3n) is 1.49. The minimum Gasteiger partial charge on any atom is -0.502 e. The van der Waals surface area contributed by atoms with E-state index in [0.717, 1.165) is 0 Å².